The molecule has 0 spiro atoms. The SMILES string of the molecule is COC(=O)Cc1ccc(OCC(C)NC(C)C(O)c2ccccc2)cc1. The lowest BCUT2D eigenvalue weighted by molar-refractivity contribution is -0.139. The van der Waals surface area contributed by atoms with Crippen LogP contribution in [0.3, 0.4) is 0 Å². The zero-order valence-electron chi connectivity index (χ0n) is 15.5. The number of rotatable bonds is 9. The Labute approximate surface area is 155 Å². The summed E-state index contributed by atoms with van der Waals surface area (Å²) >= 11 is 0. The van der Waals surface area contributed by atoms with Crippen LogP contribution in [0.25, 0.3) is 0 Å². The molecular weight excluding hydrogens is 330 g/mol. The quantitative estimate of drug-likeness (QED) is 0.676. The van der Waals surface area contributed by atoms with Gasteiger partial charge in [0.15, 0.2) is 0 Å². The van der Waals surface area contributed by atoms with E-state index in [1.54, 1.807) is 0 Å². The van der Waals surface area contributed by atoms with Gasteiger partial charge in [-0.1, -0.05) is 42.5 Å². The van der Waals surface area contributed by atoms with E-state index in [1.165, 1.54) is 7.11 Å². The third kappa shape index (κ3) is 6.17. The Hall–Kier alpha value is -2.37. The molecule has 0 fully saturated rings. The van der Waals surface area contributed by atoms with E-state index < -0.39 is 6.10 Å². The highest BCUT2D eigenvalue weighted by Crippen LogP contribution is 2.17. The molecule has 5 heteroatoms. The summed E-state index contributed by atoms with van der Waals surface area (Å²) in [6.07, 6.45) is -0.319. The highest BCUT2D eigenvalue weighted by Gasteiger charge is 2.18. The number of aliphatic hydroxyl groups excluding tert-OH is 1. The molecule has 0 saturated heterocycles. The van der Waals surface area contributed by atoms with Gasteiger partial charge in [0.2, 0.25) is 0 Å². The van der Waals surface area contributed by atoms with Gasteiger partial charge in [-0.15, -0.1) is 0 Å². The lowest BCUT2D eigenvalue weighted by Crippen LogP contribution is -2.41. The van der Waals surface area contributed by atoms with Gasteiger partial charge in [0.25, 0.3) is 0 Å². The number of esters is 1. The van der Waals surface area contributed by atoms with Gasteiger partial charge in [0, 0.05) is 12.1 Å². The number of carbonyl (C=O) groups is 1. The number of aliphatic hydroxyl groups is 1. The molecule has 2 aromatic rings. The first-order valence-corrected chi connectivity index (χ1v) is 8.77. The molecule has 0 aliphatic rings. The number of hydrogen-bond acceptors (Lipinski definition) is 5. The van der Waals surface area contributed by atoms with Crippen molar-refractivity contribution in [2.24, 2.45) is 0 Å². The second-order valence-electron chi connectivity index (χ2n) is 6.42. The molecule has 0 bridgehead atoms. The maximum absolute atomic E-state index is 11.3. The van der Waals surface area contributed by atoms with E-state index in [9.17, 15) is 9.90 Å². The van der Waals surface area contributed by atoms with Gasteiger partial charge in [-0.3, -0.25) is 4.79 Å². The average molecular weight is 357 g/mol. The summed E-state index contributed by atoms with van der Waals surface area (Å²) in [5.74, 6) is 0.478. The third-order valence-corrected chi connectivity index (χ3v) is 4.16. The van der Waals surface area contributed by atoms with Gasteiger partial charge in [-0.25, -0.2) is 0 Å². The van der Waals surface area contributed by atoms with Crippen molar-refractivity contribution in [3.63, 3.8) is 0 Å². The van der Waals surface area contributed by atoms with Crippen LogP contribution in [0.1, 0.15) is 31.1 Å². The molecule has 3 unspecified atom stereocenters. The van der Waals surface area contributed by atoms with E-state index in [4.69, 9.17) is 4.74 Å². The highest BCUT2D eigenvalue weighted by atomic mass is 16.5. The summed E-state index contributed by atoms with van der Waals surface area (Å²) in [5, 5.41) is 13.8. The maximum atomic E-state index is 11.3. The average Bonchev–Trinajstić information content (AvgIpc) is 2.67. The van der Waals surface area contributed by atoms with Crippen molar-refractivity contribution in [1.82, 2.24) is 5.32 Å². The number of nitrogens with one attached hydrogen (secondary N) is 1. The number of ether oxygens (including phenoxy) is 2. The van der Waals surface area contributed by atoms with Crippen molar-refractivity contribution in [3.8, 4) is 5.75 Å². The Bertz CT molecular complexity index is 672. The molecule has 5 nitrogen and oxygen atoms in total. The fourth-order valence-electron chi connectivity index (χ4n) is 2.69. The summed E-state index contributed by atoms with van der Waals surface area (Å²) in [6.45, 7) is 4.44. The zero-order valence-corrected chi connectivity index (χ0v) is 15.5. The van der Waals surface area contributed by atoms with Crippen molar-refractivity contribution in [3.05, 3.63) is 65.7 Å². The van der Waals surface area contributed by atoms with Crippen LogP contribution in [-0.4, -0.2) is 36.9 Å². The van der Waals surface area contributed by atoms with Gasteiger partial charge in [-0.2, -0.15) is 0 Å². The molecule has 2 aromatic carbocycles. The summed E-state index contributed by atoms with van der Waals surface area (Å²) < 4.78 is 10.4. The van der Waals surface area contributed by atoms with E-state index in [1.807, 2.05) is 68.4 Å². The lowest BCUT2D eigenvalue weighted by atomic mass is 10.0. The van der Waals surface area contributed by atoms with Crippen molar-refractivity contribution < 1.29 is 19.4 Å². The van der Waals surface area contributed by atoms with Gasteiger partial charge in [0.1, 0.15) is 12.4 Å². The van der Waals surface area contributed by atoms with Crippen LogP contribution < -0.4 is 10.1 Å². The van der Waals surface area contributed by atoms with E-state index in [0.29, 0.717) is 6.61 Å². The third-order valence-electron chi connectivity index (χ3n) is 4.16. The summed E-state index contributed by atoms with van der Waals surface area (Å²) in [4.78, 5) is 11.3. The first-order chi connectivity index (χ1) is 12.5. The van der Waals surface area contributed by atoms with Crippen LogP contribution >= 0.6 is 0 Å². The minimum atomic E-state index is -0.573. The van der Waals surface area contributed by atoms with Gasteiger partial charge in [0.05, 0.1) is 19.6 Å². The van der Waals surface area contributed by atoms with Crippen molar-refractivity contribution >= 4 is 5.97 Å². The second kappa shape index (κ2) is 9.94. The molecule has 2 N–H and O–H groups in total. The predicted molar refractivity (Wildman–Crippen MR) is 101 cm³/mol. The molecule has 140 valence electrons. The predicted octanol–water partition coefficient (Wildman–Crippen LogP) is 2.88. The Morgan fingerprint density at radius 1 is 1.08 bits per heavy atom. The second-order valence-corrected chi connectivity index (χ2v) is 6.42. The van der Waals surface area contributed by atoms with Crippen LogP contribution in [0.4, 0.5) is 0 Å². The Balaban J connectivity index is 1.79. The van der Waals surface area contributed by atoms with Crippen molar-refractivity contribution in [1.29, 1.82) is 0 Å². The molecular formula is C21H27NO4. The van der Waals surface area contributed by atoms with Crippen LogP contribution in [0.2, 0.25) is 0 Å². The Morgan fingerprint density at radius 2 is 1.73 bits per heavy atom. The zero-order chi connectivity index (χ0) is 18.9. The molecule has 0 aliphatic carbocycles. The summed E-state index contributed by atoms with van der Waals surface area (Å²) in [6, 6.07) is 17.0. The van der Waals surface area contributed by atoms with Crippen molar-refractivity contribution in [2.45, 2.75) is 38.5 Å². The maximum Gasteiger partial charge on any atom is 0.309 e. The molecule has 0 heterocycles. The molecule has 0 amide bonds. The van der Waals surface area contributed by atoms with Crippen molar-refractivity contribution in [2.75, 3.05) is 13.7 Å². The number of benzene rings is 2. The smallest absolute Gasteiger partial charge is 0.309 e. The molecule has 0 aliphatic heterocycles. The molecule has 26 heavy (non-hydrogen) atoms. The Kier molecular flexibility index (Phi) is 7.63. The topological polar surface area (TPSA) is 67.8 Å². The lowest BCUT2D eigenvalue weighted by Gasteiger charge is -2.24. The van der Waals surface area contributed by atoms with Gasteiger partial charge in [-0.05, 0) is 37.1 Å². The molecule has 3 atom stereocenters. The van der Waals surface area contributed by atoms with E-state index >= 15 is 0 Å². The van der Waals surface area contributed by atoms with E-state index in [-0.39, 0.29) is 24.5 Å². The monoisotopic (exact) mass is 357 g/mol. The summed E-state index contributed by atoms with van der Waals surface area (Å²) in [5.41, 5.74) is 1.77. The minimum absolute atomic E-state index is 0.0677. The normalized spacial score (nSPS) is 14.3. The van der Waals surface area contributed by atoms with E-state index in [2.05, 4.69) is 10.1 Å². The van der Waals surface area contributed by atoms with Crippen LogP contribution in [0, 0.1) is 0 Å². The van der Waals surface area contributed by atoms with Crippen LogP contribution in [0.5, 0.6) is 5.75 Å². The van der Waals surface area contributed by atoms with E-state index in [0.717, 1.165) is 16.9 Å². The fourth-order valence-corrected chi connectivity index (χ4v) is 2.69. The first-order valence-electron chi connectivity index (χ1n) is 8.77. The fraction of sp³-hybridized carbons (Fsp3) is 0.381. The molecule has 2 rings (SSSR count). The molecule has 0 saturated carbocycles. The minimum Gasteiger partial charge on any atom is -0.492 e. The van der Waals surface area contributed by atoms with Gasteiger partial charge < -0.3 is 19.9 Å². The number of carbonyl (C=O) groups excluding carboxylic acids is 1. The van der Waals surface area contributed by atoms with Crippen LogP contribution in [0.15, 0.2) is 54.6 Å². The highest BCUT2D eigenvalue weighted by molar-refractivity contribution is 5.72. The standard InChI is InChI=1S/C21H27NO4/c1-15(22-16(2)21(24)18-7-5-4-6-8-18)14-26-19-11-9-17(10-12-19)13-20(23)25-3/h4-12,15-16,21-22,24H,13-14H2,1-3H3. The molecule has 0 aromatic heterocycles. The van der Waals surface area contributed by atoms with Crippen LogP contribution in [-0.2, 0) is 16.0 Å². The number of hydrogen-bond donors (Lipinski definition) is 2. The number of methoxy groups -OCH3 is 1. The van der Waals surface area contributed by atoms with Gasteiger partial charge >= 0.3 is 5.97 Å². The Morgan fingerprint density at radius 3 is 2.35 bits per heavy atom. The largest absolute Gasteiger partial charge is 0.492 e. The summed E-state index contributed by atoms with van der Waals surface area (Å²) in [7, 11) is 1.38. The molecule has 0 radical (unpaired) electrons. The first kappa shape index (κ1) is 19.9.